The van der Waals surface area contributed by atoms with E-state index in [4.69, 9.17) is 14.2 Å². The fraction of sp³-hybridized carbons (Fsp3) is 0.638. The second-order valence-electron chi connectivity index (χ2n) is 13.5. The van der Waals surface area contributed by atoms with Crippen molar-refractivity contribution in [2.45, 2.75) is 181 Å². The lowest BCUT2D eigenvalue weighted by atomic mass is 10.1. The predicted molar refractivity (Wildman–Crippen MR) is 224 cm³/mol. The van der Waals surface area contributed by atoms with E-state index in [0.717, 1.165) is 103 Å². The number of allylic oxidation sites excluding steroid dienone is 14. The topological polar surface area (TPSA) is 78.9 Å². The molecule has 1 unspecified atom stereocenters. The molecule has 0 aliphatic carbocycles. The Kier molecular flexibility index (Phi) is 38.7. The van der Waals surface area contributed by atoms with Crippen molar-refractivity contribution in [3.8, 4) is 0 Å². The summed E-state index contributed by atoms with van der Waals surface area (Å²) in [5, 5.41) is 0. The predicted octanol–water partition coefficient (Wildman–Crippen LogP) is 13.3. The number of esters is 3. The molecule has 53 heavy (non-hydrogen) atoms. The molecular formula is C47H76O6. The molecule has 0 fully saturated rings. The highest BCUT2D eigenvalue weighted by atomic mass is 16.6. The number of unbranched alkanes of at least 4 members (excludes halogenated alkanes) is 11. The van der Waals surface area contributed by atoms with Gasteiger partial charge in [-0.25, -0.2) is 0 Å². The minimum atomic E-state index is -0.813. The summed E-state index contributed by atoms with van der Waals surface area (Å²) in [6.07, 6.45) is 51.8. The molecule has 0 rings (SSSR count). The number of carbonyl (C=O) groups is 3. The van der Waals surface area contributed by atoms with E-state index >= 15 is 0 Å². The third-order valence-corrected chi connectivity index (χ3v) is 8.41. The molecule has 0 heterocycles. The zero-order valence-electron chi connectivity index (χ0n) is 34.0. The molecule has 0 aliphatic heterocycles. The number of carbonyl (C=O) groups excluding carboxylic acids is 3. The molecule has 0 N–H and O–H groups in total. The largest absolute Gasteiger partial charge is 0.462 e. The second-order valence-corrected chi connectivity index (χ2v) is 13.5. The molecule has 0 saturated heterocycles. The Balaban J connectivity index is 4.36. The average molecular weight is 737 g/mol. The van der Waals surface area contributed by atoms with Crippen molar-refractivity contribution in [3.05, 3.63) is 85.1 Å². The van der Waals surface area contributed by atoms with Gasteiger partial charge >= 0.3 is 17.9 Å². The zero-order chi connectivity index (χ0) is 38.7. The summed E-state index contributed by atoms with van der Waals surface area (Å²) in [6, 6.07) is 0. The molecule has 0 aromatic rings. The Hall–Kier alpha value is -3.41. The molecule has 300 valence electrons. The first-order valence-corrected chi connectivity index (χ1v) is 21.1. The van der Waals surface area contributed by atoms with Gasteiger partial charge < -0.3 is 14.2 Å². The van der Waals surface area contributed by atoms with E-state index < -0.39 is 12.1 Å². The van der Waals surface area contributed by atoms with E-state index in [-0.39, 0.29) is 31.6 Å². The minimum absolute atomic E-state index is 0.111. The van der Waals surface area contributed by atoms with E-state index in [1.165, 1.54) is 25.7 Å². The molecule has 0 radical (unpaired) electrons. The summed E-state index contributed by atoms with van der Waals surface area (Å²) < 4.78 is 16.5. The third-order valence-electron chi connectivity index (χ3n) is 8.41. The van der Waals surface area contributed by atoms with Crippen LogP contribution in [-0.4, -0.2) is 37.2 Å². The summed E-state index contributed by atoms with van der Waals surface area (Å²) in [7, 11) is 0. The summed E-state index contributed by atoms with van der Waals surface area (Å²) in [6.45, 7) is 6.22. The first-order chi connectivity index (χ1) is 26.0. The van der Waals surface area contributed by atoms with Crippen LogP contribution in [0.4, 0.5) is 0 Å². The van der Waals surface area contributed by atoms with Gasteiger partial charge in [-0.05, 0) is 77.0 Å². The maximum atomic E-state index is 12.6. The van der Waals surface area contributed by atoms with Crippen molar-refractivity contribution in [3.63, 3.8) is 0 Å². The lowest BCUT2D eigenvalue weighted by molar-refractivity contribution is -0.166. The Morgan fingerprint density at radius 2 is 0.774 bits per heavy atom. The highest BCUT2D eigenvalue weighted by molar-refractivity contribution is 5.71. The standard InChI is InChI=1S/C47H76O6/c1-4-7-10-13-15-17-19-21-22-23-24-26-27-29-31-34-37-40-46(49)52-43-44(42-51-45(48)39-36-33-12-9-6-3)53-47(50)41-38-35-32-30-28-25-20-18-16-14-11-8-5-2/h7-8,10-11,15-18,21-22,25,28,32,35,44H,4-6,9,12-14,19-20,23-24,26-27,29-31,33-34,36-43H2,1-3H3/b10-7-,11-8-,17-15-,18-16-,22-21-,28-25-,35-32-. The Morgan fingerprint density at radius 1 is 0.396 bits per heavy atom. The van der Waals surface area contributed by atoms with Crippen LogP contribution in [0.2, 0.25) is 0 Å². The van der Waals surface area contributed by atoms with Crippen molar-refractivity contribution in [2.75, 3.05) is 13.2 Å². The lowest BCUT2D eigenvalue weighted by Crippen LogP contribution is -2.30. The molecule has 0 spiro atoms. The van der Waals surface area contributed by atoms with Crippen LogP contribution >= 0.6 is 0 Å². The van der Waals surface area contributed by atoms with Crippen LogP contribution in [0.1, 0.15) is 175 Å². The molecule has 0 saturated carbocycles. The van der Waals surface area contributed by atoms with E-state index in [2.05, 4.69) is 93.7 Å². The summed E-state index contributed by atoms with van der Waals surface area (Å²) in [5.41, 5.74) is 0. The van der Waals surface area contributed by atoms with Gasteiger partial charge in [-0.2, -0.15) is 0 Å². The van der Waals surface area contributed by atoms with Crippen LogP contribution < -0.4 is 0 Å². The monoisotopic (exact) mass is 737 g/mol. The van der Waals surface area contributed by atoms with Crippen LogP contribution in [0, 0.1) is 0 Å². The van der Waals surface area contributed by atoms with Crippen molar-refractivity contribution in [1.29, 1.82) is 0 Å². The van der Waals surface area contributed by atoms with Crippen LogP contribution in [0.5, 0.6) is 0 Å². The molecule has 6 nitrogen and oxygen atoms in total. The molecule has 0 aromatic heterocycles. The van der Waals surface area contributed by atoms with Crippen molar-refractivity contribution in [1.82, 2.24) is 0 Å². The quantitative estimate of drug-likeness (QED) is 0.0276. The van der Waals surface area contributed by atoms with Crippen molar-refractivity contribution < 1.29 is 28.6 Å². The molecule has 0 bridgehead atoms. The van der Waals surface area contributed by atoms with Gasteiger partial charge in [0.1, 0.15) is 13.2 Å². The minimum Gasteiger partial charge on any atom is -0.462 e. The van der Waals surface area contributed by atoms with E-state index in [1.807, 2.05) is 12.2 Å². The normalized spacial score (nSPS) is 12.9. The van der Waals surface area contributed by atoms with Crippen LogP contribution in [0.25, 0.3) is 0 Å². The van der Waals surface area contributed by atoms with Crippen LogP contribution in [-0.2, 0) is 28.6 Å². The SMILES string of the molecule is CC/C=C\C/C=C\C/C=C\C/C=C\CCC(=O)OC(COC(=O)CCCCCCC)COC(=O)CCCCCCCCC/C=C\C/C=C\C/C=C\CC. The number of rotatable bonds is 36. The highest BCUT2D eigenvalue weighted by Crippen LogP contribution is 2.12. The number of hydrogen-bond donors (Lipinski definition) is 0. The van der Waals surface area contributed by atoms with E-state index in [1.54, 1.807) is 0 Å². The summed E-state index contributed by atoms with van der Waals surface area (Å²) in [4.78, 5) is 37.4. The van der Waals surface area contributed by atoms with Gasteiger partial charge in [0.15, 0.2) is 6.10 Å². The fourth-order valence-corrected chi connectivity index (χ4v) is 5.29. The van der Waals surface area contributed by atoms with Gasteiger partial charge in [0.25, 0.3) is 0 Å². The number of hydrogen-bond acceptors (Lipinski definition) is 6. The molecule has 0 aromatic carbocycles. The van der Waals surface area contributed by atoms with Gasteiger partial charge in [0.2, 0.25) is 0 Å². The van der Waals surface area contributed by atoms with Gasteiger partial charge in [0.05, 0.1) is 0 Å². The van der Waals surface area contributed by atoms with Gasteiger partial charge in [-0.3, -0.25) is 14.4 Å². The maximum Gasteiger partial charge on any atom is 0.306 e. The smallest absolute Gasteiger partial charge is 0.306 e. The molecule has 6 heteroatoms. The summed E-state index contributed by atoms with van der Waals surface area (Å²) in [5.74, 6) is -1.03. The van der Waals surface area contributed by atoms with Gasteiger partial charge in [-0.15, -0.1) is 0 Å². The van der Waals surface area contributed by atoms with Crippen molar-refractivity contribution in [2.24, 2.45) is 0 Å². The Labute approximate surface area is 325 Å². The molecular weight excluding hydrogens is 661 g/mol. The summed E-state index contributed by atoms with van der Waals surface area (Å²) >= 11 is 0. The first kappa shape index (κ1) is 49.6. The third kappa shape index (κ3) is 39.6. The highest BCUT2D eigenvalue weighted by Gasteiger charge is 2.19. The van der Waals surface area contributed by atoms with Crippen LogP contribution in [0.3, 0.4) is 0 Å². The lowest BCUT2D eigenvalue weighted by Gasteiger charge is -2.18. The Bertz CT molecular complexity index is 1080. The fourth-order valence-electron chi connectivity index (χ4n) is 5.29. The maximum absolute atomic E-state index is 12.6. The zero-order valence-corrected chi connectivity index (χ0v) is 34.0. The second kappa shape index (κ2) is 41.3. The van der Waals surface area contributed by atoms with Crippen LogP contribution in [0.15, 0.2) is 85.1 Å². The van der Waals surface area contributed by atoms with Gasteiger partial charge in [0, 0.05) is 19.3 Å². The molecule has 0 amide bonds. The molecule has 1 atom stereocenters. The Morgan fingerprint density at radius 3 is 1.23 bits per heavy atom. The van der Waals surface area contributed by atoms with E-state index in [0.29, 0.717) is 19.3 Å². The number of ether oxygens (including phenoxy) is 3. The first-order valence-electron chi connectivity index (χ1n) is 21.1. The van der Waals surface area contributed by atoms with E-state index in [9.17, 15) is 14.4 Å². The molecule has 0 aliphatic rings. The average Bonchev–Trinajstić information content (AvgIpc) is 3.15. The van der Waals surface area contributed by atoms with Gasteiger partial charge in [-0.1, -0.05) is 164 Å². The van der Waals surface area contributed by atoms with Crippen molar-refractivity contribution >= 4 is 17.9 Å².